The second-order valence-corrected chi connectivity index (χ2v) is 6.48. The van der Waals surface area contributed by atoms with Gasteiger partial charge >= 0.3 is 0 Å². The lowest BCUT2D eigenvalue weighted by Gasteiger charge is -2.15. The fourth-order valence-corrected chi connectivity index (χ4v) is 3.15. The van der Waals surface area contributed by atoms with Gasteiger partial charge in [-0.2, -0.15) is 5.26 Å². The smallest absolute Gasteiger partial charge is 0.254 e. The number of carbonyl (C=O) groups is 1. The van der Waals surface area contributed by atoms with Crippen LogP contribution in [0.1, 0.15) is 22.3 Å². The summed E-state index contributed by atoms with van der Waals surface area (Å²) in [5.74, 6) is -0.354. The number of hydrogen-bond acceptors (Lipinski definition) is 6. The van der Waals surface area contributed by atoms with Crippen LogP contribution in [0.15, 0.2) is 47.5 Å². The number of pyridine rings is 1. The van der Waals surface area contributed by atoms with Gasteiger partial charge in [0.05, 0.1) is 12.0 Å². The number of aromatic amines is 1. The molecule has 0 aliphatic carbocycles. The summed E-state index contributed by atoms with van der Waals surface area (Å²) in [5, 5.41) is 18.8. The standard InChI is InChI=1S/C20H15N5O3/c21-7-12-5-16(26)18(22-8-12)19-23-9-15(20(28)24-19)6-17(27)25-10-13-3-1-2-4-14(13)11-25/h1-5,8-9,26H,6,10-11H2,(H,23,24,28). The van der Waals surface area contributed by atoms with Crippen LogP contribution in [0.5, 0.6) is 5.75 Å². The van der Waals surface area contributed by atoms with Gasteiger partial charge in [-0.3, -0.25) is 9.59 Å². The summed E-state index contributed by atoms with van der Waals surface area (Å²) in [5.41, 5.74) is 2.24. The van der Waals surface area contributed by atoms with Gasteiger partial charge in [-0.25, -0.2) is 9.97 Å². The fourth-order valence-electron chi connectivity index (χ4n) is 3.15. The molecule has 0 radical (unpaired) electrons. The largest absolute Gasteiger partial charge is 0.505 e. The molecule has 3 heterocycles. The van der Waals surface area contributed by atoms with Gasteiger partial charge in [0.2, 0.25) is 5.91 Å². The Kier molecular flexibility index (Phi) is 4.33. The molecule has 1 aliphatic rings. The maximum Gasteiger partial charge on any atom is 0.254 e. The minimum Gasteiger partial charge on any atom is -0.505 e. The zero-order valence-corrected chi connectivity index (χ0v) is 14.7. The molecule has 3 aromatic rings. The number of aromatic nitrogens is 3. The molecule has 1 aliphatic heterocycles. The van der Waals surface area contributed by atoms with Gasteiger partial charge in [-0.1, -0.05) is 24.3 Å². The van der Waals surface area contributed by atoms with Crippen LogP contribution in [-0.4, -0.2) is 30.9 Å². The maximum atomic E-state index is 12.6. The van der Waals surface area contributed by atoms with E-state index < -0.39 is 5.56 Å². The van der Waals surface area contributed by atoms with Crippen molar-refractivity contribution in [3.8, 4) is 23.3 Å². The molecule has 0 fully saturated rings. The van der Waals surface area contributed by atoms with Crippen molar-refractivity contribution in [2.75, 3.05) is 0 Å². The minimum absolute atomic E-state index is 0.0592. The van der Waals surface area contributed by atoms with Crippen molar-refractivity contribution in [1.82, 2.24) is 19.9 Å². The highest BCUT2D eigenvalue weighted by Gasteiger charge is 2.23. The van der Waals surface area contributed by atoms with Crippen LogP contribution in [0, 0.1) is 11.3 Å². The number of nitriles is 1. The average Bonchev–Trinajstić information content (AvgIpc) is 3.14. The third kappa shape index (κ3) is 3.21. The summed E-state index contributed by atoms with van der Waals surface area (Å²) in [6.45, 7) is 1.06. The predicted octanol–water partition coefficient (Wildman–Crippen LogP) is 1.49. The van der Waals surface area contributed by atoms with Gasteiger partial charge in [0.1, 0.15) is 17.5 Å². The van der Waals surface area contributed by atoms with E-state index in [0.29, 0.717) is 13.1 Å². The molecule has 4 rings (SSSR count). The van der Waals surface area contributed by atoms with Crippen molar-refractivity contribution in [3.05, 3.63) is 75.3 Å². The highest BCUT2D eigenvalue weighted by Crippen LogP contribution is 2.24. The number of H-pyrrole nitrogens is 1. The molecule has 2 aromatic heterocycles. The second-order valence-electron chi connectivity index (χ2n) is 6.48. The number of rotatable bonds is 3. The van der Waals surface area contributed by atoms with E-state index in [1.165, 1.54) is 18.5 Å². The number of amides is 1. The Morgan fingerprint density at radius 3 is 2.54 bits per heavy atom. The number of hydrogen-bond donors (Lipinski definition) is 2. The Labute approximate surface area is 159 Å². The number of fused-ring (bicyclic) bond motifs is 1. The summed E-state index contributed by atoms with van der Waals surface area (Å²) in [7, 11) is 0. The van der Waals surface area contributed by atoms with Crippen molar-refractivity contribution in [2.24, 2.45) is 0 Å². The first-order chi connectivity index (χ1) is 13.5. The van der Waals surface area contributed by atoms with E-state index in [9.17, 15) is 14.7 Å². The van der Waals surface area contributed by atoms with Gasteiger partial charge in [0, 0.05) is 37.1 Å². The molecule has 2 N–H and O–H groups in total. The highest BCUT2D eigenvalue weighted by molar-refractivity contribution is 5.79. The third-order valence-corrected chi connectivity index (χ3v) is 4.63. The number of carbonyl (C=O) groups excluding carboxylic acids is 1. The predicted molar refractivity (Wildman–Crippen MR) is 98.9 cm³/mol. The SMILES string of the molecule is N#Cc1cnc(-c2ncc(CC(=O)N3Cc4ccccc4C3)c(=O)[nH]2)c(O)c1. The molecule has 0 bridgehead atoms. The van der Waals surface area contributed by atoms with Crippen LogP contribution in [0.3, 0.4) is 0 Å². The molecule has 0 unspecified atom stereocenters. The van der Waals surface area contributed by atoms with Crippen molar-refractivity contribution in [1.29, 1.82) is 5.26 Å². The van der Waals surface area contributed by atoms with E-state index in [1.807, 2.05) is 30.3 Å². The molecule has 0 spiro atoms. The summed E-state index contributed by atoms with van der Waals surface area (Å²) in [6, 6.07) is 11.0. The van der Waals surface area contributed by atoms with Gasteiger partial charge in [0.15, 0.2) is 5.82 Å². The first-order valence-corrected chi connectivity index (χ1v) is 8.57. The monoisotopic (exact) mass is 373 g/mol. The van der Waals surface area contributed by atoms with Crippen molar-refractivity contribution in [2.45, 2.75) is 19.5 Å². The van der Waals surface area contributed by atoms with Crippen LogP contribution in [0.25, 0.3) is 11.5 Å². The Balaban J connectivity index is 1.52. The van der Waals surface area contributed by atoms with Crippen LogP contribution < -0.4 is 5.56 Å². The lowest BCUT2D eigenvalue weighted by Crippen LogP contribution is -2.29. The summed E-state index contributed by atoms with van der Waals surface area (Å²) >= 11 is 0. The molecular formula is C20H15N5O3. The second kappa shape index (κ2) is 6.96. The van der Waals surface area contributed by atoms with Gasteiger partial charge < -0.3 is 15.0 Å². The first kappa shape index (κ1) is 17.4. The molecule has 1 aromatic carbocycles. The summed E-state index contributed by atoms with van der Waals surface area (Å²) < 4.78 is 0. The summed E-state index contributed by atoms with van der Waals surface area (Å²) in [4.78, 5) is 37.3. The summed E-state index contributed by atoms with van der Waals surface area (Å²) in [6.07, 6.45) is 2.52. The fraction of sp³-hybridized carbons (Fsp3) is 0.150. The topological polar surface area (TPSA) is 123 Å². The lowest BCUT2D eigenvalue weighted by atomic mass is 10.1. The molecule has 1 amide bonds. The number of nitrogens with zero attached hydrogens (tertiary/aromatic N) is 4. The maximum absolute atomic E-state index is 12.6. The molecular weight excluding hydrogens is 358 g/mol. The molecule has 0 saturated heterocycles. The Morgan fingerprint density at radius 2 is 1.93 bits per heavy atom. The number of nitrogens with one attached hydrogen (secondary N) is 1. The lowest BCUT2D eigenvalue weighted by molar-refractivity contribution is -0.131. The van der Waals surface area contributed by atoms with Crippen LogP contribution in [0.4, 0.5) is 0 Å². The molecule has 0 saturated carbocycles. The minimum atomic E-state index is -0.472. The molecule has 8 heteroatoms. The van der Waals surface area contributed by atoms with Crippen molar-refractivity contribution >= 4 is 5.91 Å². The average molecular weight is 373 g/mol. The quantitative estimate of drug-likeness (QED) is 0.717. The van der Waals surface area contributed by atoms with Crippen LogP contribution in [0.2, 0.25) is 0 Å². The Morgan fingerprint density at radius 1 is 1.21 bits per heavy atom. The Hall–Kier alpha value is -3.99. The molecule has 0 atom stereocenters. The Bertz CT molecular complexity index is 1150. The molecule has 28 heavy (non-hydrogen) atoms. The van der Waals surface area contributed by atoms with E-state index >= 15 is 0 Å². The zero-order chi connectivity index (χ0) is 19.7. The van der Waals surface area contributed by atoms with Gasteiger partial charge in [0.25, 0.3) is 5.56 Å². The van der Waals surface area contributed by atoms with E-state index in [4.69, 9.17) is 5.26 Å². The number of aromatic hydroxyl groups is 1. The van der Waals surface area contributed by atoms with Gasteiger partial charge in [-0.15, -0.1) is 0 Å². The van der Waals surface area contributed by atoms with E-state index in [2.05, 4.69) is 15.0 Å². The molecule has 8 nitrogen and oxygen atoms in total. The number of benzene rings is 1. The normalized spacial score (nSPS) is 12.5. The van der Waals surface area contributed by atoms with Crippen molar-refractivity contribution in [3.63, 3.8) is 0 Å². The highest BCUT2D eigenvalue weighted by atomic mass is 16.3. The van der Waals surface area contributed by atoms with Crippen LogP contribution >= 0.6 is 0 Å². The van der Waals surface area contributed by atoms with Crippen molar-refractivity contribution < 1.29 is 9.90 Å². The van der Waals surface area contributed by atoms with E-state index in [0.717, 1.165) is 11.1 Å². The van der Waals surface area contributed by atoms with E-state index in [1.54, 1.807) is 4.90 Å². The van der Waals surface area contributed by atoms with Gasteiger partial charge in [-0.05, 0) is 11.1 Å². The third-order valence-electron chi connectivity index (χ3n) is 4.63. The zero-order valence-electron chi connectivity index (χ0n) is 14.7. The first-order valence-electron chi connectivity index (χ1n) is 8.57. The molecule has 138 valence electrons. The van der Waals surface area contributed by atoms with E-state index in [-0.39, 0.29) is 40.7 Å². The van der Waals surface area contributed by atoms with Crippen LogP contribution in [-0.2, 0) is 24.3 Å².